The van der Waals surface area contributed by atoms with Crippen molar-refractivity contribution in [1.82, 2.24) is 9.21 Å². The standard InChI is InChI=1S/C20H24N2O4S/c1-2-17-8-10-18(11-9-17)26-16-20(23)21-12-14-22(15-13-21)27(24,25)19-6-4-3-5-7-19/h3-11H,2,12-16H2,1H3. The van der Waals surface area contributed by atoms with E-state index >= 15 is 0 Å². The van der Waals surface area contributed by atoms with Crippen molar-refractivity contribution in [1.29, 1.82) is 0 Å². The molecule has 0 radical (unpaired) electrons. The van der Waals surface area contributed by atoms with Gasteiger partial charge in [0.1, 0.15) is 5.75 Å². The number of sulfonamides is 1. The predicted octanol–water partition coefficient (Wildman–Crippen LogP) is 2.16. The van der Waals surface area contributed by atoms with Gasteiger partial charge >= 0.3 is 0 Å². The molecule has 0 spiro atoms. The Labute approximate surface area is 160 Å². The van der Waals surface area contributed by atoms with Gasteiger partial charge in [-0.05, 0) is 36.2 Å². The third kappa shape index (κ3) is 4.67. The summed E-state index contributed by atoms with van der Waals surface area (Å²) in [6.07, 6.45) is 0.954. The van der Waals surface area contributed by atoms with Crippen LogP contribution in [0.25, 0.3) is 0 Å². The SMILES string of the molecule is CCc1ccc(OCC(=O)N2CCN(S(=O)(=O)c3ccccc3)CC2)cc1. The van der Waals surface area contributed by atoms with E-state index in [1.165, 1.54) is 9.87 Å². The van der Waals surface area contributed by atoms with Crippen LogP contribution in [-0.2, 0) is 21.2 Å². The largest absolute Gasteiger partial charge is 0.484 e. The maximum atomic E-state index is 12.6. The van der Waals surface area contributed by atoms with Crippen molar-refractivity contribution < 1.29 is 17.9 Å². The van der Waals surface area contributed by atoms with Crippen LogP contribution in [0.3, 0.4) is 0 Å². The van der Waals surface area contributed by atoms with Crippen LogP contribution in [0.5, 0.6) is 5.75 Å². The van der Waals surface area contributed by atoms with Crippen LogP contribution >= 0.6 is 0 Å². The second-order valence-electron chi connectivity index (χ2n) is 6.38. The minimum Gasteiger partial charge on any atom is -0.484 e. The van der Waals surface area contributed by atoms with Crippen LogP contribution < -0.4 is 4.74 Å². The van der Waals surface area contributed by atoms with Gasteiger partial charge in [-0.15, -0.1) is 0 Å². The van der Waals surface area contributed by atoms with Crippen LogP contribution in [-0.4, -0.2) is 56.3 Å². The summed E-state index contributed by atoms with van der Waals surface area (Å²) >= 11 is 0. The molecule has 0 unspecified atom stereocenters. The Hall–Kier alpha value is -2.38. The third-order valence-electron chi connectivity index (χ3n) is 4.67. The topological polar surface area (TPSA) is 66.9 Å². The van der Waals surface area contributed by atoms with Crippen molar-refractivity contribution in [2.24, 2.45) is 0 Å². The van der Waals surface area contributed by atoms with Gasteiger partial charge in [0.25, 0.3) is 5.91 Å². The number of nitrogens with zero attached hydrogens (tertiary/aromatic N) is 2. The van der Waals surface area contributed by atoms with Gasteiger partial charge in [0, 0.05) is 26.2 Å². The first-order valence-electron chi connectivity index (χ1n) is 9.05. The fourth-order valence-electron chi connectivity index (χ4n) is 2.98. The first-order valence-corrected chi connectivity index (χ1v) is 10.5. The Morgan fingerprint density at radius 1 is 0.963 bits per heavy atom. The molecule has 0 aromatic heterocycles. The first kappa shape index (κ1) is 19.4. The molecule has 0 atom stereocenters. The van der Waals surface area contributed by atoms with E-state index in [-0.39, 0.29) is 30.5 Å². The van der Waals surface area contributed by atoms with E-state index in [0.29, 0.717) is 18.8 Å². The predicted molar refractivity (Wildman–Crippen MR) is 103 cm³/mol. The van der Waals surface area contributed by atoms with Crippen molar-refractivity contribution >= 4 is 15.9 Å². The summed E-state index contributed by atoms with van der Waals surface area (Å²) < 4.78 is 32.2. The van der Waals surface area contributed by atoms with Gasteiger partial charge in [0.2, 0.25) is 10.0 Å². The summed E-state index contributed by atoms with van der Waals surface area (Å²) in [5.41, 5.74) is 1.21. The quantitative estimate of drug-likeness (QED) is 0.761. The number of amides is 1. The van der Waals surface area contributed by atoms with E-state index in [9.17, 15) is 13.2 Å². The summed E-state index contributed by atoms with van der Waals surface area (Å²) in [6.45, 7) is 3.34. The lowest BCUT2D eigenvalue weighted by Gasteiger charge is -2.33. The molecule has 27 heavy (non-hydrogen) atoms. The van der Waals surface area contributed by atoms with Gasteiger partial charge < -0.3 is 9.64 Å². The lowest BCUT2D eigenvalue weighted by atomic mass is 10.2. The van der Waals surface area contributed by atoms with Crippen molar-refractivity contribution in [3.8, 4) is 5.75 Å². The molecular formula is C20H24N2O4S. The smallest absolute Gasteiger partial charge is 0.260 e. The highest BCUT2D eigenvalue weighted by Crippen LogP contribution is 2.17. The third-order valence-corrected chi connectivity index (χ3v) is 6.58. The minimum atomic E-state index is -3.51. The molecule has 0 bridgehead atoms. The zero-order valence-corrected chi connectivity index (χ0v) is 16.2. The molecule has 6 nitrogen and oxygen atoms in total. The summed E-state index contributed by atoms with van der Waals surface area (Å²) in [4.78, 5) is 14.3. The van der Waals surface area contributed by atoms with Crippen molar-refractivity contribution in [2.75, 3.05) is 32.8 Å². The van der Waals surface area contributed by atoms with Gasteiger partial charge in [-0.25, -0.2) is 8.42 Å². The van der Waals surface area contributed by atoms with Crippen LogP contribution in [0.15, 0.2) is 59.5 Å². The fraction of sp³-hybridized carbons (Fsp3) is 0.350. The Kier molecular flexibility index (Phi) is 6.13. The van der Waals surface area contributed by atoms with Crippen LogP contribution in [0, 0.1) is 0 Å². The van der Waals surface area contributed by atoms with Crippen LogP contribution in [0.2, 0.25) is 0 Å². The summed E-state index contributed by atoms with van der Waals surface area (Å²) in [5, 5.41) is 0. The van der Waals surface area contributed by atoms with Crippen molar-refractivity contribution in [3.05, 3.63) is 60.2 Å². The fourth-order valence-corrected chi connectivity index (χ4v) is 4.42. The second-order valence-corrected chi connectivity index (χ2v) is 8.32. The highest BCUT2D eigenvalue weighted by atomic mass is 32.2. The zero-order chi connectivity index (χ0) is 19.3. The average Bonchev–Trinajstić information content (AvgIpc) is 2.73. The highest BCUT2D eigenvalue weighted by Gasteiger charge is 2.30. The van der Waals surface area contributed by atoms with Gasteiger partial charge in [-0.3, -0.25) is 4.79 Å². The average molecular weight is 388 g/mol. The van der Waals surface area contributed by atoms with E-state index < -0.39 is 10.0 Å². The minimum absolute atomic E-state index is 0.0447. The molecule has 3 rings (SSSR count). The molecule has 1 amide bonds. The molecule has 0 aliphatic carbocycles. The molecule has 1 fully saturated rings. The molecule has 1 aliphatic rings. The Balaban J connectivity index is 1.51. The molecule has 2 aromatic rings. The maximum absolute atomic E-state index is 12.6. The summed E-state index contributed by atoms with van der Waals surface area (Å²) in [7, 11) is -3.51. The summed E-state index contributed by atoms with van der Waals surface area (Å²) in [5.74, 6) is 0.525. The van der Waals surface area contributed by atoms with Gasteiger partial charge in [-0.1, -0.05) is 37.3 Å². The van der Waals surface area contributed by atoms with Gasteiger partial charge in [0.15, 0.2) is 6.61 Å². The highest BCUT2D eigenvalue weighted by molar-refractivity contribution is 7.89. The Bertz CT molecular complexity index is 859. The van der Waals surface area contributed by atoms with Crippen LogP contribution in [0.1, 0.15) is 12.5 Å². The molecule has 0 N–H and O–H groups in total. The number of rotatable bonds is 6. The van der Waals surface area contributed by atoms with E-state index in [4.69, 9.17) is 4.74 Å². The lowest BCUT2D eigenvalue weighted by molar-refractivity contribution is -0.134. The number of ether oxygens (including phenoxy) is 1. The number of hydrogen-bond donors (Lipinski definition) is 0. The molecule has 144 valence electrons. The zero-order valence-electron chi connectivity index (χ0n) is 15.4. The molecule has 1 aliphatic heterocycles. The monoisotopic (exact) mass is 388 g/mol. The van der Waals surface area contributed by atoms with Gasteiger partial charge in [0.05, 0.1) is 4.90 Å². The van der Waals surface area contributed by atoms with Crippen molar-refractivity contribution in [3.63, 3.8) is 0 Å². The van der Waals surface area contributed by atoms with E-state index in [1.54, 1.807) is 35.2 Å². The molecule has 1 heterocycles. The number of hydrogen-bond acceptors (Lipinski definition) is 4. The van der Waals surface area contributed by atoms with E-state index in [0.717, 1.165) is 6.42 Å². The number of carbonyl (C=O) groups excluding carboxylic acids is 1. The summed E-state index contributed by atoms with van der Waals surface area (Å²) in [6, 6.07) is 16.0. The number of carbonyl (C=O) groups is 1. The first-order chi connectivity index (χ1) is 13.0. The number of piperazine rings is 1. The molecule has 7 heteroatoms. The normalized spacial score (nSPS) is 15.5. The number of aryl methyl sites for hydroxylation is 1. The molecule has 0 saturated carbocycles. The van der Waals surface area contributed by atoms with Crippen molar-refractivity contribution in [2.45, 2.75) is 18.2 Å². The molecule has 2 aromatic carbocycles. The molecule has 1 saturated heterocycles. The maximum Gasteiger partial charge on any atom is 0.260 e. The number of benzene rings is 2. The van der Waals surface area contributed by atoms with Gasteiger partial charge in [-0.2, -0.15) is 4.31 Å². The molecular weight excluding hydrogens is 364 g/mol. The van der Waals surface area contributed by atoms with E-state index in [1.807, 2.05) is 24.3 Å². The Morgan fingerprint density at radius 3 is 2.19 bits per heavy atom. The second kappa shape index (κ2) is 8.54. The van der Waals surface area contributed by atoms with Crippen LogP contribution in [0.4, 0.5) is 0 Å². The van der Waals surface area contributed by atoms with E-state index in [2.05, 4.69) is 6.92 Å². The Morgan fingerprint density at radius 2 is 1.59 bits per heavy atom. The lowest BCUT2D eigenvalue weighted by Crippen LogP contribution is -2.51.